The molecule has 1 aliphatic rings. The summed E-state index contributed by atoms with van der Waals surface area (Å²) in [6.45, 7) is 3.95. The monoisotopic (exact) mass is 407 g/mol. The number of aromatic nitrogens is 3. The number of H-pyrrole nitrogens is 1. The molecule has 9 heteroatoms. The molecule has 1 aliphatic heterocycles. The molecule has 2 amide bonds. The topological polar surface area (TPSA) is 126 Å². The normalized spacial score (nSPS) is 13.1. The summed E-state index contributed by atoms with van der Waals surface area (Å²) in [5.74, 6) is 0.0204. The van der Waals surface area contributed by atoms with Crippen molar-refractivity contribution in [1.29, 1.82) is 0 Å². The quantitative estimate of drug-likeness (QED) is 0.594. The number of amides is 2. The summed E-state index contributed by atoms with van der Waals surface area (Å²) in [5, 5.41) is 5.62. The molecule has 0 bridgehead atoms. The van der Waals surface area contributed by atoms with Crippen LogP contribution in [0.3, 0.4) is 0 Å². The average molecular weight is 407 g/mol. The van der Waals surface area contributed by atoms with E-state index in [2.05, 4.69) is 25.6 Å². The summed E-state index contributed by atoms with van der Waals surface area (Å²) in [4.78, 5) is 47.5. The summed E-state index contributed by atoms with van der Waals surface area (Å²) in [6, 6.07) is 5.51. The van der Waals surface area contributed by atoms with Crippen molar-refractivity contribution in [3.8, 4) is 5.75 Å². The molecule has 4 rings (SSSR count). The van der Waals surface area contributed by atoms with E-state index in [0.717, 1.165) is 11.1 Å². The van der Waals surface area contributed by atoms with Gasteiger partial charge in [-0.2, -0.15) is 0 Å². The van der Waals surface area contributed by atoms with Gasteiger partial charge in [-0.25, -0.2) is 9.97 Å². The van der Waals surface area contributed by atoms with Crippen molar-refractivity contribution in [2.24, 2.45) is 5.92 Å². The third-order valence-electron chi connectivity index (χ3n) is 4.81. The first-order chi connectivity index (χ1) is 14.4. The van der Waals surface area contributed by atoms with Gasteiger partial charge in [-0.1, -0.05) is 19.9 Å². The minimum absolute atomic E-state index is 0.0270. The molecular weight excluding hydrogens is 386 g/mol. The Balaban J connectivity index is 1.50. The van der Waals surface area contributed by atoms with E-state index in [9.17, 15) is 14.4 Å². The smallest absolute Gasteiger partial charge is 0.272 e. The highest BCUT2D eigenvalue weighted by molar-refractivity contribution is 6.08. The zero-order valence-electron chi connectivity index (χ0n) is 16.6. The Morgan fingerprint density at radius 1 is 1.27 bits per heavy atom. The van der Waals surface area contributed by atoms with Crippen molar-refractivity contribution in [2.45, 2.75) is 26.8 Å². The largest absolute Gasteiger partial charge is 0.486 e. The fraction of sp³-hybridized carbons (Fsp3) is 0.286. The lowest BCUT2D eigenvalue weighted by molar-refractivity contribution is -0.121. The van der Waals surface area contributed by atoms with E-state index in [-0.39, 0.29) is 42.4 Å². The number of nitrogens with zero attached hydrogens (tertiary/aromatic N) is 2. The molecule has 3 N–H and O–H groups in total. The van der Waals surface area contributed by atoms with Crippen LogP contribution >= 0.6 is 0 Å². The van der Waals surface area contributed by atoms with Gasteiger partial charge in [-0.3, -0.25) is 14.4 Å². The maximum Gasteiger partial charge on any atom is 0.272 e. The van der Waals surface area contributed by atoms with Gasteiger partial charge in [-0.05, 0) is 17.7 Å². The van der Waals surface area contributed by atoms with Crippen LogP contribution in [0.2, 0.25) is 0 Å². The fourth-order valence-corrected chi connectivity index (χ4v) is 3.19. The van der Waals surface area contributed by atoms with Crippen LogP contribution in [-0.4, -0.2) is 39.2 Å². The molecule has 9 nitrogen and oxygen atoms in total. The van der Waals surface area contributed by atoms with Crippen LogP contribution in [0.25, 0.3) is 11.0 Å². The number of anilines is 1. The number of hydrogen-bond donors (Lipinski definition) is 3. The van der Waals surface area contributed by atoms with Gasteiger partial charge in [-0.15, -0.1) is 0 Å². The van der Waals surface area contributed by atoms with E-state index in [1.54, 1.807) is 26.1 Å². The molecule has 0 saturated carbocycles. The fourth-order valence-electron chi connectivity index (χ4n) is 3.19. The van der Waals surface area contributed by atoms with Crippen LogP contribution in [0.5, 0.6) is 5.75 Å². The third-order valence-corrected chi connectivity index (χ3v) is 4.81. The Morgan fingerprint density at radius 2 is 2.10 bits per heavy atom. The number of Topliss-reactive ketones (excluding diaryl/α,β-unsaturated/α-hetero) is 1. The van der Waals surface area contributed by atoms with Crippen molar-refractivity contribution >= 4 is 34.3 Å². The van der Waals surface area contributed by atoms with E-state index in [0.29, 0.717) is 28.9 Å². The van der Waals surface area contributed by atoms with E-state index >= 15 is 0 Å². The second-order valence-corrected chi connectivity index (χ2v) is 7.42. The lowest BCUT2D eigenvalue weighted by Crippen LogP contribution is -2.25. The molecule has 2 aromatic heterocycles. The van der Waals surface area contributed by atoms with Crippen molar-refractivity contribution in [2.75, 3.05) is 11.9 Å². The molecule has 0 unspecified atom stereocenters. The van der Waals surface area contributed by atoms with Gasteiger partial charge in [0.2, 0.25) is 5.91 Å². The summed E-state index contributed by atoms with van der Waals surface area (Å²) in [5.41, 5.74) is 3.26. The third kappa shape index (κ3) is 3.86. The van der Waals surface area contributed by atoms with Crippen LogP contribution in [0, 0.1) is 5.92 Å². The minimum Gasteiger partial charge on any atom is -0.486 e. The number of ketones is 1. The van der Waals surface area contributed by atoms with E-state index in [4.69, 9.17) is 4.74 Å². The summed E-state index contributed by atoms with van der Waals surface area (Å²) in [6.07, 6.45) is 3.21. The number of benzene rings is 1. The number of rotatable bonds is 5. The van der Waals surface area contributed by atoms with E-state index < -0.39 is 0 Å². The maximum absolute atomic E-state index is 12.7. The van der Waals surface area contributed by atoms with E-state index in [1.165, 1.54) is 6.33 Å². The van der Waals surface area contributed by atoms with Gasteiger partial charge in [0, 0.05) is 30.6 Å². The second-order valence-electron chi connectivity index (χ2n) is 7.42. The van der Waals surface area contributed by atoms with Crippen molar-refractivity contribution < 1.29 is 19.1 Å². The zero-order chi connectivity index (χ0) is 21.3. The zero-order valence-corrected chi connectivity index (χ0v) is 16.6. The number of hydrogen-bond acceptors (Lipinski definition) is 6. The molecule has 3 aromatic rings. The molecule has 0 aliphatic carbocycles. The van der Waals surface area contributed by atoms with Gasteiger partial charge in [0.25, 0.3) is 5.91 Å². The number of carbonyl (C=O) groups is 3. The van der Waals surface area contributed by atoms with Crippen LogP contribution < -0.4 is 15.4 Å². The first kappa shape index (κ1) is 19.6. The van der Waals surface area contributed by atoms with Gasteiger partial charge >= 0.3 is 0 Å². The summed E-state index contributed by atoms with van der Waals surface area (Å²) in [7, 11) is 0. The first-order valence-corrected chi connectivity index (χ1v) is 9.60. The Bertz CT molecular complexity index is 1150. The van der Waals surface area contributed by atoms with Crippen LogP contribution in [0.4, 0.5) is 5.69 Å². The molecule has 154 valence electrons. The Labute approximate surface area is 172 Å². The number of ether oxygens (including phenoxy) is 1. The Kier molecular flexibility index (Phi) is 5.18. The predicted molar refractivity (Wildman–Crippen MR) is 109 cm³/mol. The number of nitrogens with one attached hydrogen (secondary N) is 3. The van der Waals surface area contributed by atoms with E-state index in [1.807, 2.05) is 12.1 Å². The molecule has 0 saturated heterocycles. The van der Waals surface area contributed by atoms with Crippen molar-refractivity contribution in [1.82, 2.24) is 20.3 Å². The molecule has 0 atom stereocenters. The molecular formula is C21H21N5O4. The Hall–Kier alpha value is -3.75. The summed E-state index contributed by atoms with van der Waals surface area (Å²) < 4.78 is 5.39. The van der Waals surface area contributed by atoms with Crippen LogP contribution in [0.1, 0.15) is 35.5 Å². The van der Waals surface area contributed by atoms with Crippen molar-refractivity contribution in [3.63, 3.8) is 0 Å². The van der Waals surface area contributed by atoms with Gasteiger partial charge in [0.15, 0.2) is 11.5 Å². The highest BCUT2D eigenvalue weighted by Crippen LogP contribution is 2.25. The highest BCUT2D eigenvalue weighted by atomic mass is 16.5. The molecule has 0 spiro atoms. The number of aromatic amines is 1. The number of fused-ring (bicyclic) bond motifs is 2. The maximum atomic E-state index is 12.7. The lowest BCUT2D eigenvalue weighted by Gasteiger charge is -2.17. The molecule has 0 radical (unpaired) electrons. The lowest BCUT2D eigenvalue weighted by atomic mass is 10.0. The first-order valence-electron chi connectivity index (χ1n) is 9.60. The average Bonchev–Trinajstić information content (AvgIpc) is 3.14. The number of carbonyl (C=O) groups excluding carboxylic acids is 3. The van der Waals surface area contributed by atoms with Crippen LogP contribution in [-0.2, 0) is 22.6 Å². The standard InChI is InChI=1S/C21H21N5O4/c1-11(2)20(28)26-15-8-22-18-17(15)24-10-25-19(18)21(29)23-7-12-3-4-16-13(5-12)6-14(27)9-30-16/h3-5,8,10-11,22H,6-7,9H2,1-2H3,(H,23,29)(H,26,28). The Morgan fingerprint density at radius 3 is 2.90 bits per heavy atom. The molecule has 0 fully saturated rings. The SMILES string of the molecule is CC(C)C(=O)Nc1c[nH]c2c(C(=O)NCc3ccc4c(c3)CC(=O)CO4)ncnc12. The minimum atomic E-state index is -0.379. The van der Waals surface area contributed by atoms with Crippen LogP contribution in [0.15, 0.2) is 30.7 Å². The van der Waals surface area contributed by atoms with Gasteiger partial charge in [0.1, 0.15) is 24.2 Å². The summed E-state index contributed by atoms with van der Waals surface area (Å²) >= 11 is 0. The van der Waals surface area contributed by atoms with Gasteiger partial charge < -0.3 is 20.4 Å². The van der Waals surface area contributed by atoms with Crippen molar-refractivity contribution in [3.05, 3.63) is 47.5 Å². The molecule has 30 heavy (non-hydrogen) atoms. The second kappa shape index (κ2) is 7.94. The molecule has 1 aromatic carbocycles. The highest BCUT2D eigenvalue weighted by Gasteiger charge is 2.19. The predicted octanol–water partition coefficient (Wildman–Crippen LogP) is 1.99. The van der Waals surface area contributed by atoms with Gasteiger partial charge in [0.05, 0.1) is 11.2 Å². The molecule has 3 heterocycles.